The summed E-state index contributed by atoms with van der Waals surface area (Å²) in [7, 11) is -2.97. The van der Waals surface area contributed by atoms with Gasteiger partial charge in [0, 0.05) is 26.4 Å². The van der Waals surface area contributed by atoms with Gasteiger partial charge in [0.05, 0.1) is 0 Å². The first kappa shape index (κ1) is 19.1. The molecule has 0 aromatic heterocycles. The Kier molecular flexibility index (Phi) is 9.27. The molecule has 0 aliphatic rings. The first-order valence-corrected chi connectivity index (χ1v) is 9.60. The van der Waals surface area contributed by atoms with Crippen LogP contribution in [0.3, 0.4) is 0 Å². The maximum Gasteiger partial charge on any atom is 0.679 e. The molecule has 1 aromatic rings. The zero-order chi connectivity index (χ0) is 16.3. The van der Waals surface area contributed by atoms with E-state index in [4.69, 9.17) is 17.7 Å². The average Bonchev–Trinajstić information content (AvgIpc) is 2.53. The molecule has 0 heterocycles. The van der Waals surface area contributed by atoms with E-state index in [1.54, 1.807) is 0 Å². The first-order chi connectivity index (χ1) is 10.7. The summed E-state index contributed by atoms with van der Waals surface area (Å²) in [6.45, 7) is 11.7. The summed E-state index contributed by atoms with van der Waals surface area (Å²) in [6, 6.07) is 8.35. The van der Waals surface area contributed by atoms with E-state index in [2.05, 4.69) is 18.7 Å². The van der Waals surface area contributed by atoms with Crippen molar-refractivity contribution in [1.82, 2.24) is 0 Å². The highest BCUT2D eigenvalue weighted by molar-refractivity contribution is 6.53. The highest BCUT2D eigenvalue weighted by Gasteiger charge is 2.44. The summed E-state index contributed by atoms with van der Waals surface area (Å²) in [5, 5.41) is 0. The van der Waals surface area contributed by atoms with Crippen LogP contribution in [0.25, 0.3) is 6.08 Å². The summed E-state index contributed by atoms with van der Waals surface area (Å²) in [5.41, 5.74) is 2.41. The topological polar surface area (TPSA) is 36.9 Å². The van der Waals surface area contributed by atoms with Gasteiger partial charge in [-0.25, -0.2) is 0 Å². The number of aryl methyl sites for hydroxylation is 1. The minimum atomic E-state index is -2.97. The van der Waals surface area contributed by atoms with Crippen LogP contribution in [0.4, 0.5) is 0 Å². The molecule has 0 saturated heterocycles. The molecule has 0 amide bonds. The van der Waals surface area contributed by atoms with Gasteiger partial charge in [0.1, 0.15) is 0 Å². The van der Waals surface area contributed by atoms with E-state index in [9.17, 15) is 0 Å². The van der Waals surface area contributed by atoms with Gasteiger partial charge >= 0.3 is 9.05 Å². The second-order valence-electron chi connectivity index (χ2n) is 4.70. The van der Waals surface area contributed by atoms with Crippen LogP contribution in [0.5, 0.6) is 0 Å². The molecule has 124 valence electrons. The monoisotopic (exact) mass is 324 g/mol. The summed E-state index contributed by atoms with van der Waals surface area (Å²) < 4.78 is 22.9. The number of hydrogen-bond donors (Lipinski definition) is 0. The van der Waals surface area contributed by atoms with E-state index < -0.39 is 9.05 Å². The molecule has 1 aromatic carbocycles. The standard InChI is InChI=1S/C17H28O4Si/c1-5-16-11-9-12-17(15-16)13-10-14-21-22(18-6-2,19-7-3)20-8-4/h5,9,11-12,15H,1,6-8,10,13-14H2,2-4H3. The lowest BCUT2D eigenvalue weighted by Crippen LogP contribution is -2.49. The fraction of sp³-hybridized carbons (Fsp3) is 0.529. The fourth-order valence-corrected chi connectivity index (χ4v) is 4.08. The predicted molar refractivity (Wildman–Crippen MR) is 91.4 cm³/mol. The zero-order valence-corrected chi connectivity index (χ0v) is 15.0. The van der Waals surface area contributed by atoms with Crippen molar-refractivity contribution in [2.75, 3.05) is 26.4 Å². The predicted octanol–water partition coefficient (Wildman–Crippen LogP) is 3.82. The Morgan fingerprint density at radius 3 is 2.18 bits per heavy atom. The van der Waals surface area contributed by atoms with Crippen molar-refractivity contribution in [2.45, 2.75) is 33.6 Å². The normalized spacial score (nSPS) is 11.6. The molecule has 0 atom stereocenters. The van der Waals surface area contributed by atoms with Gasteiger partial charge in [0.15, 0.2) is 0 Å². The van der Waals surface area contributed by atoms with Crippen molar-refractivity contribution >= 4 is 15.1 Å². The molecule has 0 spiro atoms. The second kappa shape index (κ2) is 10.7. The molecule has 0 fully saturated rings. The molecule has 4 nitrogen and oxygen atoms in total. The molecule has 0 aliphatic carbocycles. The first-order valence-electron chi connectivity index (χ1n) is 7.96. The van der Waals surface area contributed by atoms with Crippen molar-refractivity contribution in [1.29, 1.82) is 0 Å². The smallest absolute Gasteiger partial charge is 0.351 e. The molecule has 22 heavy (non-hydrogen) atoms. The van der Waals surface area contributed by atoms with Crippen molar-refractivity contribution in [3.8, 4) is 0 Å². The van der Waals surface area contributed by atoms with E-state index in [-0.39, 0.29) is 0 Å². The average molecular weight is 324 g/mol. The van der Waals surface area contributed by atoms with Gasteiger partial charge in [-0.2, -0.15) is 0 Å². The van der Waals surface area contributed by atoms with Gasteiger partial charge in [-0.15, -0.1) is 0 Å². The molecule has 0 saturated carbocycles. The molecule has 0 radical (unpaired) electrons. The van der Waals surface area contributed by atoms with Gasteiger partial charge in [0.2, 0.25) is 0 Å². The Morgan fingerprint density at radius 1 is 1.00 bits per heavy atom. The Morgan fingerprint density at radius 2 is 1.64 bits per heavy atom. The van der Waals surface area contributed by atoms with E-state index in [1.165, 1.54) is 5.56 Å². The van der Waals surface area contributed by atoms with Crippen molar-refractivity contribution in [3.05, 3.63) is 42.0 Å². The third kappa shape index (κ3) is 6.42. The lowest BCUT2D eigenvalue weighted by atomic mass is 10.1. The summed E-state index contributed by atoms with van der Waals surface area (Å²) in [6.07, 6.45) is 3.69. The summed E-state index contributed by atoms with van der Waals surface area (Å²) in [5.74, 6) is 0. The van der Waals surface area contributed by atoms with Crippen molar-refractivity contribution in [3.63, 3.8) is 0 Å². The minimum Gasteiger partial charge on any atom is -0.351 e. The van der Waals surface area contributed by atoms with E-state index in [0.717, 1.165) is 18.4 Å². The van der Waals surface area contributed by atoms with E-state index >= 15 is 0 Å². The maximum atomic E-state index is 5.88. The number of hydrogen-bond acceptors (Lipinski definition) is 4. The molecule has 0 N–H and O–H groups in total. The van der Waals surface area contributed by atoms with E-state index in [0.29, 0.717) is 26.4 Å². The number of benzene rings is 1. The van der Waals surface area contributed by atoms with Crippen LogP contribution in [0.2, 0.25) is 0 Å². The summed E-state index contributed by atoms with van der Waals surface area (Å²) >= 11 is 0. The Bertz CT molecular complexity index is 419. The lowest BCUT2D eigenvalue weighted by molar-refractivity contribution is -0.0277. The highest BCUT2D eigenvalue weighted by atomic mass is 28.4. The van der Waals surface area contributed by atoms with Crippen LogP contribution < -0.4 is 0 Å². The molecule has 1 rings (SSSR count). The molecular formula is C17H28O4Si. The number of rotatable bonds is 12. The van der Waals surface area contributed by atoms with Crippen molar-refractivity contribution < 1.29 is 17.7 Å². The van der Waals surface area contributed by atoms with Gasteiger partial charge in [-0.1, -0.05) is 36.9 Å². The van der Waals surface area contributed by atoms with Gasteiger partial charge < -0.3 is 17.7 Å². The zero-order valence-electron chi connectivity index (χ0n) is 14.0. The molecule has 5 heteroatoms. The van der Waals surface area contributed by atoms with Crippen LogP contribution in [0, 0.1) is 0 Å². The van der Waals surface area contributed by atoms with Crippen molar-refractivity contribution in [2.24, 2.45) is 0 Å². The SMILES string of the molecule is C=Cc1cccc(CCCO[Si](OCC)(OCC)OCC)c1. The Balaban J connectivity index is 2.48. The van der Waals surface area contributed by atoms with Crippen LogP contribution >= 0.6 is 0 Å². The van der Waals surface area contributed by atoms with Gasteiger partial charge in [-0.3, -0.25) is 0 Å². The molecule has 0 aliphatic heterocycles. The molecule has 0 unspecified atom stereocenters. The largest absolute Gasteiger partial charge is 0.679 e. The fourth-order valence-electron chi connectivity index (χ4n) is 2.13. The van der Waals surface area contributed by atoms with Crippen LogP contribution in [-0.4, -0.2) is 35.5 Å². The van der Waals surface area contributed by atoms with Crippen LogP contribution in [0.15, 0.2) is 30.8 Å². The third-order valence-corrected chi connectivity index (χ3v) is 5.52. The van der Waals surface area contributed by atoms with E-state index in [1.807, 2.05) is 39.0 Å². The lowest BCUT2D eigenvalue weighted by Gasteiger charge is -2.26. The van der Waals surface area contributed by atoms with Gasteiger partial charge in [-0.05, 0) is 44.7 Å². The Labute approximate surface area is 135 Å². The quantitative estimate of drug-likeness (QED) is 0.432. The van der Waals surface area contributed by atoms with Gasteiger partial charge in [0.25, 0.3) is 0 Å². The maximum absolute atomic E-state index is 5.88. The van der Waals surface area contributed by atoms with Crippen LogP contribution in [0.1, 0.15) is 38.3 Å². The Hall–Kier alpha value is -0.983. The summed E-state index contributed by atoms with van der Waals surface area (Å²) in [4.78, 5) is 0. The third-order valence-electron chi connectivity index (χ3n) is 3.04. The van der Waals surface area contributed by atoms with Crippen LogP contribution in [-0.2, 0) is 24.1 Å². The molecule has 0 bridgehead atoms. The minimum absolute atomic E-state index is 0.521. The second-order valence-corrected chi connectivity index (χ2v) is 6.85. The molecular weight excluding hydrogens is 296 g/mol. The highest BCUT2D eigenvalue weighted by Crippen LogP contribution is 2.14.